The molecule has 0 radical (unpaired) electrons. The fourth-order valence-corrected chi connectivity index (χ4v) is 3.90. The van der Waals surface area contributed by atoms with E-state index in [-0.39, 0.29) is 24.0 Å². The molecule has 0 spiro atoms. The number of benzene rings is 1. The van der Waals surface area contributed by atoms with Gasteiger partial charge in [0.2, 0.25) is 5.13 Å². The van der Waals surface area contributed by atoms with Crippen LogP contribution in [0.25, 0.3) is 0 Å². The summed E-state index contributed by atoms with van der Waals surface area (Å²) < 4.78 is 31.0. The fraction of sp³-hybridized carbons (Fsp3) is 0.526. The zero-order valence-electron chi connectivity index (χ0n) is 16.7. The fourth-order valence-electron chi connectivity index (χ4n) is 3.10. The number of piperazine rings is 1. The number of guanidine groups is 1. The van der Waals surface area contributed by atoms with Gasteiger partial charge in [0.1, 0.15) is 17.5 Å². The van der Waals surface area contributed by atoms with Crippen LogP contribution in [-0.2, 0) is 12.8 Å². The Morgan fingerprint density at radius 3 is 2.41 bits per heavy atom. The first-order valence-electron chi connectivity index (χ1n) is 9.64. The molecule has 0 bridgehead atoms. The molecule has 6 nitrogen and oxygen atoms in total. The van der Waals surface area contributed by atoms with Crippen molar-refractivity contribution in [2.75, 3.05) is 44.2 Å². The van der Waals surface area contributed by atoms with Gasteiger partial charge >= 0.3 is 0 Å². The van der Waals surface area contributed by atoms with E-state index >= 15 is 0 Å². The maximum atomic E-state index is 13.3. The van der Waals surface area contributed by atoms with Crippen LogP contribution < -0.4 is 10.2 Å². The molecule has 2 heterocycles. The lowest BCUT2D eigenvalue weighted by atomic mass is 10.1. The SMILES string of the molecule is CCNC(=NCCc1cc(F)cc(F)c1)N1CCN(c2nc(CC)ns2)CC1.I. The average Bonchev–Trinajstić information content (AvgIpc) is 3.16. The lowest BCUT2D eigenvalue weighted by Gasteiger charge is -2.36. The Labute approximate surface area is 191 Å². The van der Waals surface area contributed by atoms with Gasteiger partial charge in [-0.1, -0.05) is 6.92 Å². The predicted molar refractivity (Wildman–Crippen MR) is 125 cm³/mol. The van der Waals surface area contributed by atoms with Crippen LogP contribution in [0.3, 0.4) is 0 Å². The molecule has 1 saturated heterocycles. The summed E-state index contributed by atoms with van der Waals surface area (Å²) in [6.07, 6.45) is 1.34. The Hall–Kier alpha value is -1.56. The molecule has 3 rings (SSSR count). The van der Waals surface area contributed by atoms with Crippen molar-refractivity contribution in [3.05, 3.63) is 41.2 Å². The van der Waals surface area contributed by atoms with Gasteiger partial charge in [-0.2, -0.15) is 4.37 Å². The number of aromatic nitrogens is 2. The van der Waals surface area contributed by atoms with Crippen LogP contribution in [-0.4, -0.2) is 59.5 Å². The second-order valence-electron chi connectivity index (χ2n) is 6.58. The molecule has 1 aliphatic rings. The second-order valence-corrected chi connectivity index (χ2v) is 7.31. The summed E-state index contributed by atoms with van der Waals surface area (Å²) in [5.41, 5.74) is 0.616. The lowest BCUT2D eigenvalue weighted by Crippen LogP contribution is -2.52. The van der Waals surface area contributed by atoms with Gasteiger partial charge in [0.15, 0.2) is 5.96 Å². The number of aryl methyl sites for hydroxylation is 1. The van der Waals surface area contributed by atoms with Gasteiger partial charge in [0, 0.05) is 63.3 Å². The van der Waals surface area contributed by atoms with Crippen molar-refractivity contribution in [1.29, 1.82) is 0 Å². The number of nitrogens with one attached hydrogen (secondary N) is 1. The summed E-state index contributed by atoms with van der Waals surface area (Å²) in [5, 5.41) is 4.29. The molecule has 1 aliphatic heterocycles. The number of hydrogen-bond donors (Lipinski definition) is 1. The van der Waals surface area contributed by atoms with Crippen LogP contribution in [0.5, 0.6) is 0 Å². The van der Waals surface area contributed by atoms with Crippen molar-refractivity contribution >= 4 is 46.6 Å². The Morgan fingerprint density at radius 1 is 1.14 bits per heavy atom. The number of halogens is 3. The summed E-state index contributed by atoms with van der Waals surface area (Å²) in [4.78, 5) is 13.7. The van der Waals surface area contributed by atoms with Gasteiger partial charge in [-0.15, -0.1) is 24.0 Å². The molecule has 1 N–H and O–H groups in total. The van der Waals surface area contributed by atoms with E-state index in [0.717, 1.165) is 62.1 Å². The minimum absolute atomic E-state index is 0. The monoisotopic (exact) mass is 536 g/mol. The zero-order chi connectivity index (χ0) is 19.9. The summed E-state index contributed by atoms with van der Waals surface area (Å²) in [5.74, 6) is 0.631. The van der Waals surface area contributed by atoms with E-state index in [9.17, 15) is 8.78 Å². The molecular formula is C19H27F2IN6S. The highest BCUT2D eigenvalue weighted by Gasteiger charge is 2.22. The molecule has 10 heteroatoms. The molecule has 160 valence electrons. The first-order valence-corrected chi connectivity index (χ1v) is 10.4. The summed E-state index contributed by atoms with van der Waals surface area (Å²) in [7, 11) is 0. The number of aliphatic imine (C=N–C) groups is 1. The third kappa shape index (κ3) is 6.73. The van der Waals surface area contributed by atoms with Gasteiger partial charge in [0.05, 0.1) is 0 Å². The van der Waals surface area contributed by atoms with Gasteiger partial charge in [-0.25, -0.2) is 13.8 Å². The van der Waals surface area contributed by atoms with Crippen molar-refractivity contribution < 1.29 is 8.78 Å². The van der Waals surface area contributed by atoms with Crippen molar-refractivity contribution in [2.24, 2.45) is 4.99 Å². The minimum Gasteiger partial charge on any atom is -0.357 e. The maximum absolute atomic E-state index is 13.3. The standard InChI is InChI=1S/C19H26F2N6S.HI/c1-3-17-24-19(28-25-17)27-9-7-26(8-10-27)18(22-4-2)23-6-5-14-11-15(20)13-16(21)12-14;/h11-13H,3-10H2,1-2H3,(H,22,23);1H. The normalized spacial score (nSPS) is 14.7. The summed E-state index contributed by atoms with van der Waals surface area (Å²) in [6.45, 7) is 8.71. The molecule has 1 aromatic carbocycles. The highest BCUT2D eigenvalue weighted by Crippen LogP contribution is 2.19. The van der Waals surface area contributed by atoms with Crippen LogP contribution in [0.1, 0.15) is 25.2 Å². The summed E-state index contributed by atoms with van der Waals surface area (Å²) in [6, 6.07) is 3.60. The Kier molecular flexibility index (Phi) is 9.47. The predicted octanol–water partition coefficient (Wildman–Crippen LogP) is 3.33. The molecule has 1 aromatic heterocycles. The molecule has 0 unspecified atom stereocenters. The summed E-state index contributed by atoms with van der Waals surface area (Å²) >= 11 is 1.45. The van der Waals surface area contributed by atoms with Crippen LogP contribution in [0.4, 0.5) is 13.9 Å². The molecule has 1 fully saturated rings. The van der Waals surface area contributed by atoms with E-state index in [1.807, 2.05) is 6.92 Å². The molecule has 0 atom stereocenters. The molecule has 0 saturated carbocycles. The first-order chi connectivity index (χ1) is 13.6. The first kappa shape index (κ1) is 23.7. The third-order valence-electron chi connectivity index (χ3n) is 4.54. The maximum Gasteiger partial charge on any atom is 0.205 e. The third-order valence-corrected chi connectivity index (χ3v) is 5.36. The molecule has 0 amide bonds. The number of anilines is 1. The highest BCUT2D eigenvalue weighted by molar-refractivity contribution is 14.0. The van der Waals surface area contributed by atoms with Gasteiger partial charge < -0.3 is 15.1 Å². The number of hydrogen-bond acceptors (Lipinski definition) is 5. The second kappa shape index (κ2) is 11.6. The Balaban J connectivity index is 0.00000300. The minimum atomic E-state index is -0.551. The van der Waals surface area contributed by atoms with Crippen LogP contribution in [0.15, 0.2) is 23.2 Å². The van der Waals surface area contributed by atoms with E-state index < -0.39 is 11.6 Å². The highest BCUT2D eigenvalue weighted by atomic mass is 127. The van der Waals surface area contributed by atoms with Gasteiger partial charge in [-0.3, -0.25) is 4.99 Å². The smallest absolute Gasteiger partial charge is 0.205 e. The topological polar surface area (TPSA) is 56.7 Å². The number of nitrogens with zero attached hydrogens (tertiary/aromatic N) is 5. The molecule has 2 aromatic rings. The van der Waals surface area contributed by atoms with Crippen LogP contribution in [0.2, 0.25) is 0 Å². The largest absolute Gasteiger partial charge is 0.357 e. The van der Waals surface area contributed by atoms with Gasteiger partial charge in [0.25, 0.3) is 0 Å². The van der Waals surface area contributed by atoms with Crippen molar-refractivity contribution in [3.8, 4) is 0 Å². The average molecular weight is 536 g/mol. The van der Waals surface area contributed by atoms with Crippen molar-refractivity contribution in [1.82, 2.24) is 19.6 Å². The van der Waals surface area contributed by atoms with Crippen molar-refractivity contribution in [2.45, 2.75) is 26.7 Å². The molecular weight excluding hydrogens is 509 g/mol. The number of rotatable bonds is 6. The van der Waals surface area contributed by atoms with E-state index in [0.29, 0.717) is 18.5 Å². The van der Waals surface area contributed by atoms with Gasteiger partial charge in [-0.05, 0) is 31.0 Å². The Morgan fingerprint density at radius 2 is 1.83 bits per heavy atom. The van der Waals surface area contributed by atoms with E-state index in [1.165, 1.54) is 23.7 Å². The van der Waals surface area contributed by atoms with Crippen LogP contribution >= 0.6 is 35.5 Å². The zero-order valence-corrected chi connectivity index (χ0v) is 19.8. The Bertz CT molecular complexity index is 787. The molecule has 29 heavy (non-hydrogen) atoms. The lowest BCUT2D eigenvalue weighted by molar-refractivity contribution is 0.372. The quantitative estimate of drug-likeness (QED) is 0.349. The van der Waals surface area contributed by atoms with Crippen molar-refractivity contribution in [3.63, 3.8) is 0 Å². The van der Waals surface area contributed by atoms with E-state index in [4.69, 9.17) is 0 Å². The van der Waals surface area contributed by atoms with E-state index in [2.05, 4.69) is 36.4 Å². The van der Waals surface area contributed by atoms with Crippen LogP contribution in [0, 0.1) is 11.6 Å². The van der Waals surface area contributed by atoms with E-state index in [1.54, 1.807) is 0 Å². The molecule has 0 aliphatic carbocycles.